The van der Waals surface area contributed by atoms with Crippen molar-refractivity contribution in [2.75, 3.05) is 30.8 Å². The number of ether oxygens (including phenoxy) is 2. The lowest BCUT2D eigenvalue weighted by Crippen LogP contribution is -2.52. The van der Waals surface area contributed by atoms with E-state index in [9.17, 15) is 0 Å². The van der Waals surface area contributed by atoms with Crippen molar-refractivity contribution in [3.8, 4) is 5.75 Å². The van der Waals surface area contributed by atoms with Gasteiger partial charge in [-0.05, 0) is 32.9 Å². The zero-order valence-corrected chi connectivity index (χ0v) is 11.6. The first-order valence-electron chi connectivity index (χ1n) is 6.27. The Bertz CT molecular complexity index is 432. The molecule has 1 heterocycles. The summed E-state index contributed by atoms with van der Waals surface area (Å²) in [4.78, 5) is 2.28. The highest BCUT2D eigenvalue weighted by Crippen LogP contribution is 2.32. The second kappa shape index (κ2) is 4.69. The van der Waals surface area contributed by atoms with E-state index in [1.54, 1.807) is 7.11 Å². The van der Waals surface area contributed by atoms with Crippen LogP contribution in [0.15, 0.2) is 18.2 Å². The number of rotatable bonds is 2. The lowest BCUT2D eigenvalue weighted by atomic mass is 10.0. The molecule has 0 radical (unpaired) electrons. The maximum atomic E-state index is 6.10. The summed E-state index contributed by atoms with van der Waals surface area (Å²) in [6, 6.07) is 5.82. The maximum Gasteiger partial charge on any atom is 0.121 e. The first-order chi connectivity index (χ1) is 8.41. The van der Waals surface area contributed by atoms with Crippen LogP contribution in [0.4, 0.5) is 11.4 Å². The van der Waals surface area contributed by atoms with Gasteiger partial charge >= 0.3 is 0 Å². The monoisotopic (exact) mass is 250 g/mol. The number of nitrogens with two attached hydrogens (primary N) is 1. The Morgan fingerprint density at radius 1 is 1.44 bits per heavy atom. The highest BCUT2D eigenvalue weighted by Gasteiger charge is 2.32. The number of benzene rings is 1. The third-order valence-electron chi connectivity index (χ3n) is 3.14. The van der Waals surface area contributed by atoms with Gasteiger partial charge in [0.2, 0.25) is 0 Å². The van der Waals surface area contributed by atoms with Gasteiger partial charge in [0.25, 0.3) is 0 Å². The summed E-state index contributed by atoms with van der Waals surface area (Å²) >= 11 is 0. The van der Waals surface area contributed by atoms with Crippen molar-refractivity contribution in [2.24, 2.45) is 0 Å². The van der Waals surface area contributed by atoms with E-state index in [1.807, 2.05) is 18.2 Å². The van der Waals surface area contributed by atoms with Crippen LogP contribution in [-0.2, 0) is 4.74 Å². The Balaban J connectivity index is 2.25. The molecule has 4 nitrogen and oxygen atoms in total. The van der Waals surface area contributed by atoms with Crippen LogP contribution >= 0.6 is 0 Å². The molecular formula is C14H22N2O2. The van der Waals surface area contributed by atoms with E-state index in [4.69, 9.17) is 15.2 Å². The Hall–Kier alpha value is -1.42. The molecule has 0 amide bonds. The van der Waals surface area contributed by atoms with Crippen LogP contribution in [0.2, 0.25) is 0 Å². The molecule has 0 bridgehead atoms. The minimum Gasteiger partial charge on any atom is -0.497 e. The Morgan fingerprint density at radius 2 is 2.17 bits per heavy atom. The second-order valence-corrected chi connectivity index (χ2v) is 5.49. The fourth-order valence-electron chi connectivity index (χ4n) is 2.58. The molecule has 1 atom stereocenters. The van der Waals surface area contributed by atoms with Crippen molar-refractivity contribution in [1.29, 1.82) is 0 Å². The molecule has 4 heteroatoms. The van der Waals surface area contributed by atoms with Gasteiger partial charge in [-0.1, -0.05) is 0 Å². The van der Waals surface area contributed by atoms with E-state index in [-0.39, 0.29) is 11.7 Å². The molecule has 1 unspecified atom stereocenters. The van der Waals surface area contributed by atoms with Crippen molar-refractivity contribution in [2.45, 2.75) is 32.5 Å². The van der Waals surface area contributed by atoms with Gasteiger partial charge in [-0.2, -0.15) is 0 Å². The van der Waals surface area contributed by atoms with Crippen molar-refractivity contribution in [3.05, 3.63) is 18.2 Å². The number of morpholine rings is 1. The fraction of sp³-hybridized carbons (Fsp3) is 0.571. The van der Waals surface area contributed by atoms with E-state index < -0.39 is 0 Å². The van der Waals surface area contributed by atoms with E-state index in [1.165, 1.54) is 0 Å². The first-order valence-corrected chi connectivity index (χ1v) is 6.27. The van der Waals surface area contributed by atoms with Crippen LogP contribution in [0.5, 0.6) is 5.75 Å². The normalized spacial score (nSPS) is 22.9. The van der Waals surface area contributed by atoms with Crippen LogP contribution in [0, 0.1) is 0 Å². The number of nitrogens with zero attached hydrogens (tertiary/aromatic N) is 1. The van der Waals surface area contributed by atoms with E-state index in [0.29, 0.717) is 0 Å². The van der Waals surface area contributed by atoms with Gasteiger partial charge in [0.05, 0.1) is 30.2 Å². The summed E-state index contributed by atoms with van der Waals surface area (Å²) in [5, 5.41) is 0. The summed E-state index contributed by atoms with van der Waals surface area (Å²) in [5.74, 6) is 0.789. The molecule has 100 valence electrons. The third-order valence-corrected chi connectivity index (χ3v) is 3.14. The quantitative estimate of drug-likeness (QED) is 0.818. The molecule has 1 fully saturated rings. The minimum absolute atomic E-state index is 0.149. The van der Waals surface area contributed by atoms with E-state index in [2.05, 4.69) is 25.7 Å². The molecular weight excluding hydrogens is 228 g/mol. The Kier molecular flexibility index (Phi) is 3.39. The fourth-order valence-corrected chi connectivity index (χ4v) is 2.58. The lowest BCUT2D eigenvalue weighted by molar-refractivity contribution is -0.0749. The zero-order chi connectivity index (χ0) is 13.3. The van der Waals surface area contributed by atoms with Gasteiger partial charge in [0, 0.05) is 19.2 Å². The standard InChI is InChI=1S/C14H22N2O2/c1-10-8-16(9-14(2,3)18-10)13-6-5-11(17-4)7-12(13)15/h5-7,10H,8-9,15H2,1-4H3. The maximum absolute atomic E-state index is 6.10. The van der Waals surface area contributed by atoms with Gasteiger partial charge in [0.15, 0.2) is 0 Å². The summed E-state index contributed by atoms with van der Waals surface area (Å²) < 4.78 is 11.1. The predicted molar refractivity (Wildman–Crippen MR) is 74.2 cm³/mol. The van der Waals surface area contributed by atoms with Crippen molar-refractivity contribution < 1.29 is 9.47 Å². The van der Waals surface area contributed by atoms with Gasteiger partial charge < -0.3 is 20.1 Å². The number of anilines is 2. The summed E-state index contributed by atoms with van der Waals surface area (Å²) in [7, 11) is 1.65. The van der Waals surface area contributed by atoms with Crippen LogP contribution in [0.3, 0.4) is 0 Å². The molecule has 1 aromatic rings. The van der Waals surface area contributed by atoms with Gasteiger partial charge in [-0.15, -0.1) is 0 Å². The van der Waals surface area contributed by atoms with Crippen molar-refractivity contribution >= 4 is 11.4 Å². The lowest BCUT2D eigenvalue weighted by Gasteiger charge is -2.43. The summed E-state index contributed by atoms with van der Waals surface area (Å²) in [6.07, 6.45) is 0.204. The molecule has 1 aliphatic heterocycles. The van der Waals surface area contributed by atoms with Gasteiger partial charge in [0.1, 0.15) is 5.75 Å². The number of hydrogen-bond donors (Lipinski definition) is 1. The second-order valence-electron chi connectivity index (χ2n) is 5.49. The number of nitrogen functional groups attached to an aromatic ring is 1. The van der Waals surface area contributed by atoms with Gasteiger partial charge in [-0.25, -0.2) is 0 Å². The molecule has 1 aromatic carbocycles. The molecule has 0 aliphatic carbocycles. The summed E-state index contributed by atoms with van der Waals surface area (Å²) in [6.45, 7) is 8.01. The molecule has 2 N–H and O–H groups in total. The SMILES string of the molecule is COc1ccc(N2CC(C)OC(C)(C)C2)c(N)c1. The average molecular weight is 250 g/mol. The zero-order valence-electron chi connectivity index (χ0n) is 11.6. The highest BCUT2D eigenvalue weighted by atomic mass is 16.5. The third kappa shape index (κ3) is 2.70. The predicted octanol–water partition coefficient (Wildman–Crippen LogP) is 2.28. The van der Waals surface area contributed by atoms with Crippen molar-refractivity contribution in [3.63, 3.8) is 0 Å². The summed E-state index contributed by atoms with van der Waals surface area (Å²) in [5.41, 5.74) is 7.75. The Labute approximate surface area is 109 Å². The average Bonchev–Trinajstić information content (AvgIpc) is 2.25. The molecule has 0 spiro atoms. The highest BCUT2D eigenvalue weighted by molar-refractivity contribution is 5.69. The molecule has 1 saturated heterocycles. The molecule has 1 aliphatic rings. The van der Waals surface area contributed by atoms with Crippen LogP contribution in [-0.4, -0.2) is 31.9 Å². The molecule has 2 rings (SSSR count). The minimum atomic E-state index is -0.149. The smallest absolute Gasteiger partial charge is 0.121 e. The first kappa shape index (κ1) is 13.0. The Morgan fingerprint density at radius 3 is 2.72 bits per heavy atom. The topological polar surface area (TPSA) is 47.7 Å². The molecule has 0 aromatic heterocycles. The number of methoxy groups -OCH3 is 1. The van der Waals surface area contributed by atoms with Gasteiger partial charge in [-0.3, -0.25) is 0 Å². The molecule has 0 saturated carbocycles. The molecule has 18 heavy (non-hydrogen) atoms. The number of hydrogen-bond acceptors (Lipinski definition) is 4. The van der Waals surface area contributed by atoms with Crippen LogP contribution < -0.4 is 15.4 Å². The van der Waals surface area contributed by atoms with E-state index >= 15 is 0 Å². The van der Waals surface area contributed by atoms with Crippen LogP contribution in [0.25, 0.3) is 0 Å². The van der Waals surface area contributed by atoms with Crippen molar-refractivity contribution in [1.82, 2.24) is 0 Å². The largest absolute Gasteiger partial charge is 0.497 e. The van der Waals surface area contributed by atoms with Crippen LogP contribution in [0.1, 0.15) is 20.8 Å². The van der Waals surface area contributed by atoms with E-state index in [0.717, 1.165) is 30.2 Å².